The second-order valence-corrected chi connectivity index (χ2v) is 9.38. The molecule has 1 aliphatic heterocycles. The van der Waals surface area contributed by atoms with Crippen molar-refractivity contribution in [2.45, 2.75) is 25.3 Å². The number of sulfonamides is 1. The van der Waals surface area contributed by atoms with E-state index in [2.05, 4.69) is 5.32 Å². The molecule has 4 rings (SSSR count). The van der Waals surface area contributed by atoms with E-state index >= 15 is 0 Å². The predicted octanol–water partition coefficient (Wildman–Crippen LogP) is 2.92. The number of nitrogens with one attached hydrogen (secondary N) is 1. The van der Waals surface area contributed by atoms with E-state index in [-0.39, 0.29) is 17.3 Å². The first-order chi connectivity index (χ1) is 14.4. The molecule has 7 nitrogen and oxygen atoms in total. The summed E-state index contributed by atoms with van der Waals surface area (Å²) in [6, 6.07) is 14.9. The number of fused-ring (bicyclic) bond motifs is 1. The number of amides is 1. The average molecular weight is 428 g/mol. The molecule has 1 saturated heterocycles. The van der Waals surface area contributed by atoms with Gasteiger partial charge >= 0.3 is 0 Å². The lowest BCUT2D eigenvalue weighted by atomic mass is 10.2. The first-order valence-corrected chi connectivity index (χ1v) is 11.3. The molecule has 158 valence electrons. The Morgan fingerprint density at radius 3 is 2.57 bits per heavy atom. The number of hydrogen-bond acceptors (Lipinski definition) is 4. The highest BCUT2D eigenvalue weighted by Gasteiger charge is 2.28. The van der Waals surface area contributed by atoms with Gasteiger partial charge in [0.25, 0.3) is 0 Å². The van der Waals surface area contributed by atoms with Crippen LogP contribution < -0.4 is 5.32 Å². The lowest BCUT2D eigenvalue weighted by Crippen LogP contribution is -2.40. The zero-order valence-electron chi connectivity index (χ0n) is 17.1. The summed E-state index contributed by atoms with van der Waals surface area (Å²) in [4.78, 5) is 12.9. The third kappa shape index (κ3) is 3.98. The number of benzene rings is 2. The fourth-order valence-corrected chi connectivity index (χ4v) is 5.44. The van der Waals surface area contributed by atoms with E-state index in [1.807, 2.05) is 41.8 Å². The highest BCUT2D eigenvalue weighted by molar-refractivity contribution is 7.89. The molecular formula is C22H25N3O4S. The molecule has 1 N–H and O–H groups in total. The number of para-hydroxylation sites is 1. The number of nitrogens with zero attached hydrogens (tertiary/aromatic N) is 2. The number of rotatable bonds is 5. The van der Waals surface area contributed by atoms with Crippen LogP contribution in [0.25, 0.3) is 10.9 Å². The minimum Gasteiger partial charge on any atom is -0.379 e. The minimum absolute atomic E-state index is 0.152. The Morgan fingerprint density at radius 1 is 1.07 bits per heavy atom. The van der Waals surface area contributed by atoms with E-state index < -0.39 is 10.0 Å². The molecule has 1 amide bonds. The van der Waals surface area contributed by atoms with Crippen molar-refractivity contribution in [3.8, 4) is 0 Å². The van der Waals surface area contributed by atoms with Crippen LogP contribution in [0.15, 0.2) is 53.4 Å². The largest absolute Gasteiger partial charge is 0.379 e. The maximum Gasteiger partial charge on any atom is 0.244 e. The number of aromatic nitrogens is 1. The number of aryl methyl sites for hydroxylation is 2. The van der Waals surface area contributed by atoms with Gasteiger partial charge in [-0.25, -0.2) is 8.42 Å². The van der Waals surface area contributed by atoms with Crippen molar-refractivity contribution in [2.24, 2.45) is 0 Å². The zero-order chi connectivity index (χ0) is 21.3. The number of anilines is 1. The lowest BCUT2D eigenvalue weighted by Gasteiger charge is -2.26. The second-order valence-electron chi connectivity index (χ2n) is 7.48. The fourth-order valence-electron chi connectivity index (χ4n) is 3.78. The maximum absolute atomic E-state index is 13.0. The molecule has 2 heterocycles. The second kappa shape index (κ2) is 8.22. The van der Waals surface area contributed by atoms with E-state index in [0.29, 0.717) is 37.6 Å². The van der Waals surface area contributed by atoms with Crippen molar-refractivity contribution >= 4 is 32.5 Å². The number of hydrogen-bond donors (Lipinski definition) is 1. The van der Waals surface area contributed by atoms with Gasteiger partial charge in [-0.15, -0.1) is 0 Å². The topological polar surface area (TPSA) is 80.6 Å². The van der Waals surface area contributed by atoms with Gasteiger partial charge in [0, 0.05) is 30.0 Å². The third-order valence-electron chi connectivity index (χ3n) is 5.38. The van der Waals surface area contributed by atoms with E-state index in [1.165, 1.54) is 4.31 Å². The molecule has 0 aliphatic carbocycles. The first kappa shape index (κ1) is 20.6. The molecule has 3 aromatic rings. The van der Waals surface area contributed by atoms with Crippen LogP contribution >= 0.6 is 0 Å². The molecule has 0 atom stereocenters. The lowest BCUT2D eigenvalue weighted by molar-refractivity contribution is -0.116. The molecule has 0 unspecified atom stereocenters. The van der Waals surface area contributed by atoms with E-state index in [1.54, 1.807) is 25.1 Å². The van der Waals surface area contributed by atoms with Crippen molar-refractivity contribution in [2.75, 3.05) is 31.6 Å². The van der Waals surface area contributed by atoms with Crippen LogP contribution in [0.1, 0.15) is 11.3 Å². The summed E-state index contributed by atoms with van der Waals surface area (Å²) >= 11 is 0. The van der Waals surface area contributed by atoms with E-state index in [4.69, 9.17) is 4.74 Å². The third-order valence-corrected chi connectivity index (χ3v) is 7.42. The number of morpholine rings is 1. The summed E-state index contributed by atoms with van der Waals surface area (Å²) in [7, 11) is -3.64. The van der Waals surface area contributed by atoms with Crippen molar-refractivity contribution in [3.05, 3.63) is 59.8 Å². The Hall–Kier alpha value is -2.68. The Morgan fingerprint density at radius 2 is 1.80 bits per heavy atom. The number of ether oxygens (including phenoxy) is 1. The molecule has 1 fully saturated rings. The van der Waals surface area contributed by atoms with Gasteiger partial charge < -0.3 is 14.6 Å². The maximum atomic E-state index is 13.0. The van der Waals surface area contributed by atoms with Crippen LogP contribution in [-0.4, -0.2) is 49.5 Å². The molecule has 30 heavy (non-hydrogen) atoms. The van der Waals surface area contributed by atoms with Gasteiger partial charge in [-0.05, 0) is 49.1 Å². The Balaban J connectivity index is 1.55. The number of carbonyl (C=O) groups excluding carboxylic acids is 1. The normalized spacial score (nSPS) is 15.4. The van der Waals surface area contributed by atoms with Crippen LogP contribution in [0.2, 0.25) is 0 Å². The van der Waals surface area contributed by atoms with Gasteiger partial charge in [0.1, 0.15) is 6.54 Å². The van der Waals surface area contributed by atoms with Crippen LogP contribution in [0, 0.1) is 13.8 Å². The molecule has 0 radical (unpaired) electrons. The standard InChI is InChI=1S/C22H25N3O4S/c1-16-7-8-19(14-21(16)30(27,28)24-9-11-29-12-10-24)23-22(26)15-25-17(2)13-18-5-3-4-6-20(18)25/h3-8,13-14H,9-12,15H2,1-2H3,(H,23,26). The zero-order valence-corrected chi connectivity index (χ0v) is 17.9. The van der Waals surface area contributed by atoms with Crippen molar-refractivity contribution in [1.82, 2.24) is 8.87 Å². The van der Waals surface area contributed by atoms with Gasteiger partial charge in [-0.1, -0.05) is 24.3 Å². The molecule has 0 bridgehead atoms. The molecule has 0 saturated carbocycles. The van der Waals surface area contributed by atoms with Crippen molar-refractivity contribution in [1.29, 1.82) is 0 Å². The summed E-state index contributed by atoms with van der Waals surface area (Å²) in [6.45, 7) is 5.31. The summed E-state index contributed by atoms with van der Waals surface area (Å²) < 4.78 is 34.7. The van der Waals surface area contributed by atoms with Gasteiger partial charge in [0.15, 0.2) is 0 Å². The van der Waals surface area contributed by atoms with Gasteiger partial charge in [-0.3, -0.25) is 4.79 Å². The quantitative estimate of drug-likeness (QED) is 0.679. The first-order valence-electron chi connectivity index (χ1n) is 9.89. The smallest absolute Gasteiger partial charge is 0.244 e. The Kier molecular flexibility index (Phi) is 5.64. The van der Waals surface area contributed by atoms with Crippen LogP contribution in [0.4, 0.5) is 5.69 Å². The Labute approximate surface area is 176 Å². The Bertz CT molecular complexity index is 1190. The van der Waals surface area contributed by atoms with Crippen LogP contribution in [0.3, 0.4) is 0 Å². The van der Waals surface area contributed by atoms with Gasteiger partial charge in [-0.2, -0.15) is 4.31 Å². The molecular weight excluding hydrogens is 402 g/mol. The fraction of sp³-hybridized carbons (Fsp3) is 0.318. The SMILES string of the molecule is Cc1ccc(NC(=O)Cn2c(C)cc3ccccc32)cc1S(=O)(=O)N1CCOCC1. The summed E-state index contributed by atoms with van der Waals surface area (Å²) in [6.07, 6.45) is 0. The molecule has 1 aliphatic rings. The van der Waals surface area contributed by atoms with Crippen molar-refractivity contribution < 1.29 is 17.9 Å². The summed E-state index contributed by atoms with van der Waals surface area (Å²) in [5, 5.41) is 3.93. The highest BCUT2D eigenvalue weighted by atomic mass is 32.2. The van der Waals surface area contributed by atoms with E-state index in [0.717, 1.165) is 16.6 Å². The molecule has 2 aromatic carbocycles. The summed E-state index contributed by atoms with van der Waals surface area (Å²) in [5.41, 5.74) is 3.09. The molecule has 1 aromatic heterocycles. The average Bonchev–Trinajstić information content (AvgIpc) is 3.05. The van der Waals surface area contributed by atoms with E-state index in [9.17, 15) is 13.2 Å². The predicted molar refractivity (Wildman–Crippen MR) is 116 cm³/mol. The van der Waals surface area contributed by atoms with Gasteiger partial charge in [0.05, 0.1) is 18.1 Å². The van der Waals surface area contributed by atoms with Crippen LogP contribution in [0.5, 0.6) is 0 Å². The van der Waals surface area contributed by atoms with Gasteiger partial charge in [0.2, 0.25) is 15.9 Å². The number of carbonyl (C=O) groups is 1. The molecule has 8 heteroatoms. The molecule has 0 spiro atoms. The van der Waals surface area contributed by atoms with Crippen LogP contribution in [-0.2, 0) is 26.1 Å². The van der Waals surface area contributed by atoms with Crippen molar-refractivity contribution in [3.63, 3.8) is 0 Å². The summed E-state index contributed by atoms with van der Waals surface area (Å²) in [5.74, 6) is -0.210. The monoisotopic (exact) mass is 427 g/mol. The highest BCUT2D eigenvalue weighted by Crippen LogP contribution is 2.25. The minimum atomic E-state index is -3.64.